The van der Waals surface area contributed by atoms with Gasteiger partial charge in [0.05, 0.1) is 0 Å². The number of nitrogens with two attached hydrogens (primary N) is 1. The molecule has 0 saturated carbocycles. The summed E-state index contributed by atoms with van der Waals surface area (Å²) >= 11 is 2.80. The van der Waals surface area contributed by atoms with Crippen LogP contribution in [0.5, 0.6) is 0 Å². The molecule has 2 aromatic rings. The van der Waals surface area contributed by atoms with Gasteiger partial charge in [-0.05, 0) is 35.4 Å². The first-order valence-corrected chi connectivity index (χ1v) is 6.60. The Morgan fingerprint density at radius 3 is 2.94 bits per heavy atom. The fourth-order valence-corrected chi connectivity index (χ4v) is 2.77. The second-order valence-corrected chi connectivity index (χ2v) is 5.23. The zero-order chi connectivity index (χ0) is 12.3. The van der Waals surface area contributed by atoms with E-state index in [1.165, 1.54) is 23.3 Å². The van der Waals surface area contributed by atoms with E-state index in [9.17, 15) is 0 Å². The first kappa shape index (κ1) is 12.0. The number of aryl methyl sites for hydroxylation is 1. The molecule has 3 N–H and O–H groups in total. The summed E-state index contributed by atoms with van der Waals surface area (Å²) in [5.41, 5.74) is 5.87. The summed E-state index contributed by atoms with van der Waals surface area (Å²) in [6, 6.07) is 5.40. The number of nitrogens with one attached hydrogen (secondary N) is 1. The Labute approximate surface area is 107 Å². The van der Waals surface area contributed by atoms with Crippen molar-refractivity contribution in [3.8, 4) is 0 Å². The quantitative estimate of drug-likeness (QED) is 0.651. The van der Waals surface area contributed by atoms with E-state index in [-0.39, 0.29) is 5.84 Å². The van der Waals surface area contributed by atoms with Crippen molar-refractivity contribution in [2.45, 2.75) is 22.7 Å². The van der Waals surface area contributed by atoms with Crippen molar-refractivity contribution in [3.05, 3.63) is 29.7 Å². The Kier molecular flexibility index (Phi) is 3.70. The van der Waals surface area contributed by atoms with Crippen LogP contribution in [0.2, 0.25) is 0 Å². The molecule has 0 radical (unpaired) electrons. The Bertz CT molecular complexity index is 537. The third kappa shape index (κ3) is 3.01. The lowest BCUT2D eigenvalue weighted by Gasteiger charge is -2.00. The van der Waals surface area contributed by atoms with E-state index in [0.29, 0.717) is 5.69 Å². The van der Waals surface area contributed by atoms with E-state index in [1.807, 2.05) is 19.1 Å². The Balaban J connectivity index is 2.18. The van der Waals surface area contributed by atoms with Gasteiger partial charge < -0.3 is 5.73 Å². The normalized spacial score (nSPS) is 10.4. The molecule has 0 bridgehead atoms. The molecule has 2 aromatic heterocycles. The van der Waals surface area contributed by atoms with Gasteiger partial charge in [-0.15, -0.1) is 0 Å². The summed E-state index contributed by atoms with van der Waals surface area (Å²) < 4.78 is 5.06. The van der Waals surface area contributed by atoms with Gasteiger partial charge in [0.1, 0.15) is 22.4 Å². The topological polar surface area (TPSA) is 88.5 Å². The average molecular weight is 265 g/mol. The lowest BCUT2D eigenvalue weighted by atomic mass is 10.3. The molecule has 7 heteroatoms. The minimum absolute atomic E-state index is 0.0287. The molecule has 17 heavy (non-hydrogen) atoms. The minimum atomic E-state index is -0.0287. The maximum atomic E-state index is 7.33. The van der Waals surface area contributed by atoms with Crippen LogP contribution in [-0.4, -0.2) is 20.2 Å². The molecule has 0 aliphatic carbocycles. The van der Waals surface area contributed by atoms with Crippen LogP contribution < -0.4 is 5.73 Å². The van der Waals surface area contributed by atoms with Gasteiger partial charge in [0.25, 0.3) is 0 Å². The van der Waals surface area contributed by atoms with Gasteiger partial charge in [-0.25, -0.2) is 9.97 Å². The van der Waals surface area contributed by atoms with Crippen LogP contribution in [0.1, 0.15) is 18.4 Å². The molecule has 2 heterocycles. The van der Waals surface area contributed by atoms with E-state index in [1.54, 1.807) is 6.07 Å². The fourth-order valence-electron chi connectivity index (χ4n) is 1.13. The largest absolute Gasteiger partial charge is 0.382 e. The van der Waals surface area contributed by atoms with Gasteiger partial charge in [0, 0.05) is 6.42 Å². The van der Waals surface area contributed by atoms with Crippen molar-refractivity contribution in [1.29, 1.82) is 5.41 Å². The van der Waals surface area contributed by atoms with Crippen LogP contribution in [0.3, 0.4) is 0 Å². The number of amidine groups is 1. The van der Waals surface area contributed by atoms with Crippen LogP contribution in [0, 0.1) is 5.41 Å². The highest BCUT2D eigenvalue weighted by Gasteiger charge is 2.07. The predicted molar refractivity (Wildman–Crippen MR) is 68.7 cm³/mol. The van der Waals surface area contributed by atoms with Gasteiger partial charge in [0.2, 0.25) is 0 Å². The zero-order valence-electron chi connectivity index (χ0n) is 9.17. The third-order valence-corrected chi connectivity index (χ3v) is 3.68. The third-order valence-electron chi connectivity index (χ3n) is 1.96. The SMILES string of the molecule is CCc1nsc(Sc2cccc(C(=N)N)n2)n1. The van der Waals surface area contributed by atoms with Crippen molar-refractivity contribution in [2.24, 2.45) is 5.73 Å². The van der Waals surface area contributed by atoms with Crippen molar-refractivity contribution in [3.63, 3.8) is 0 Å². The second-order valence-electron chi connectivity index (χ2n) is 3.21. The predicted octanol–water partition coefficient (Wildman–Crippen LogP) is 1.93. The lowest BCUT2D eigenvalue weighted by molar-refractivity contribution is 0.970. The summed E-state index contributed by atoms with van der Waals surface area (Å²) in [5.74, 6) is 0.819. The summed E-state index contributed by atoms with van der Waals surface area (Å²) in [6.07, 6.45) is 0.831. The van der Waals surface area contributed by atoms with E-state index >= 15 is 0 Å². The van der Waals surface area contributed by atoms with Gasteiger partial charge in [-0.1, -0.05) is 13.0 Å². The molecule has 5 nitrogen and oxygen atoms in total. The van der Waals surface area contributed by atoms with Gasteiger partial charge in [-0.3, -0.25) is 5.41 Å². The molecule has 0 fully saturated rings. The summed E-state index contributed by atoms with van der Waals surface area (Å²) in [5, 5.41) is 8.10. The van der Waals surface area contributed by atoms with Gasteiger partial charge in [-0.2, -0.15) is 4.37 Å². The van der Waals surface area contributed by atoms with E-state index in [4.69, 9.17) is 11.1 Å². The molecule has 2 rings (SSSR count). The first-order valence-electron chi connectivity index (χ1n) is 5.01. The summed E-state index contributed by atoms with van der Waals surface area (Å²) in [7, 11) is 0. The molecule has 0 amide bonds. The molecule has 0 aromatic carbocycles. The highest BCUT2D eigenvalue weighted by Crippen LogP contribution is 2.27. The minimum Gasteiger partial charge on any atom is -0.382 e. The molecule has 0 spiro atoms. The molecular weight excluding hydrogens is 254 g/mol. The number of hydrogen-bond acceptors (Lipinski definition) is 6. The lowest BCUT2D eigenvalue weighted by Crippen LogP contribution is -2.12. The van der Waals surface area contributed by atoms with Crippen LogP contribution in [0.15, 0.2) is 27.6 Å². The number of pyridine rings is 1. The smallest absolute Gasteiger partial charge is 0.176 e. The summed E-state index contributed by atoms with van der Waals surface area (Å²) in [6.45, 7) is 2.02. The number of nitrogens with zero attached hydrogens (tertiary/aromatic N) is 3. The molecule has 0 atom stereocenters. The fraction of sp³-hybridized carbons (Fsp3) is 0.200. The van der Waals surface area contributed by atoms with E-state index in [2.05, 4.69) is 14.3 Å². The van der Waals surface area contributed by atoms with Crippen LogP contribution >= 0.6 is 23.3 Å². The number of hydrogen-bond donors (Lipinski definition) is 2. The standard InChI is InChI=1S/C10H11N5S2/c1-2-7-14-10(17-15-7)16-8-5-3-4-6(13-8)9(11)12/h3-5H,2H2,1H3,(H3,11,12). The summed E-state index contributed by atoms with van der Waals surface area (Å²) in [4.78, 5) is 8.60. The number of rotatable bonds is 4. The van der Waals surface area contributed by atoms with Crippen molar-refractivity contribution in [1.82, 2.24) is 14.3 Å². The highest BCUT2D eigenvalue weighted by atomic mass is 32.2. The van der Waals surface area contributed by atoms with Crippen molar-refractivity contribution < 1.29 is 0 Å². The van der Waals surface area contributed by atoms with Gasteiger partial charge in [0.15, 0.2) is 4.34 Å². The first-order chi connectivity index (χ1) is 8.19. The Morgan fingerprint density at radius 2 is 2.29 bits per heavy atom. The molecular formula is C10H11N5S2. The monoisotopic (exact) mass is 265 g/mol. The van der Waals surface area contributed by atoms with E-state index < -0.39 is 0 Å². The Hall–Kier alpha value is -1.47. The number of nitrogen functional groups attached to an aromatic ring is 1. The average Bonchev–Trinajstić information content (AvgIpc) is 2.77. The molecule has 0 aliphatic heterocycles. The highest BCUT2D eigenvalue weighted by molar-refractivity contribution is 8.00. The van der Waals surface area contributed by atoms with Crippen molar-refractivity contribution >= 4 is 29.1 Å². The van der Waals surface area contributed by atoms with Crippen LogP contribution in [-0.2, 0) is 6.42 Å². The zero-order valence-corrected chi connectivity index (χ0v) is 10.8. The van der Waals surface area contributed by atoms with Crippen LogP contribution in [0.4, 0.5) is 0 Å². The van der Waals surface area contributed by atoms with Crippen LogP contribution in [0.25, 0.3) is 0 Å². The van der Waals surface area contributed by atoms with E-state index in [0.717, 1.165) is 21.6 Å². The molecule has 0 unspecified atom stereocenters. The molecule has 0 aliphatic rings. The Morgan fingerprint density at radius 1 is 1.47 bits per heavy atom. The van der Waals surface area contributed by atoms with Crippen molar-refractivity contribution in [2.75, 3.05) is 0 Å². The second kappa shape index (κ2) is 5.24. The molecule has 0 saturated heterocycles. The molecule has 88 valence electrons. The maximum absolute atomic E-state index is 7.33. The number of aromatic nitrogens is 3. The van der Waals surface area contributed by atoms with Gasteiger partial charge >= 0.3 is 0 Å². The maximum Gasteiger partial charge on any atom is 0.176 e.